The third-order valence-corrected chi connectivity index (χ3v) is 3.88. The van der Waals surface area contributed by atoms with Crippen LogP contribution in [0.3, 0.4) is 0 Å². The summed E-state index contributed by atoms with van der Waals surface area (Å²) in [6.45, 7) is 3.09. The lowest BCUT2D eigenvalue weighted by Crippen LogP contribution is -2.51. The van der Waals surface area contributed by atoms with Gasteiger partial charge in [0.2, 0.25) is 5.91 Å². The summed E-state index contributed by atoms with van der Waals surface area (Å²) in [6.07, 6.45) is 6.21. The average Bonchev–Trinajstić information content (AvgIpc) is 2.38. The van der Waals surface area contributed by atoms with Crippen molar-refractivity contribution in [1.29, 1.82) is 0 Å². The van der Waals surface area contributed by atoms with Crippen LogP contribution in [0.25, 0.3) is 0 Å². The number of ether oxygens (including phenoxy) is 1. The van der Waals surface area contributed by atoms with E-state index in [2.05, 4.69) is 12.2 Å². The van der Waals surface area contributed by atoms with Crippen LogP contribution in [-0.4, -0.2) is 32.2 Å². The summed E-state index contributed by atoms with van der Waals surface area (Å²) >= 11 is 0. The molecule has 0 aliphatic heterocycles. The summed E-state index contributed by atoms with van der Waals surface area (Å²) in [7, 11) is 1.66. The van der Waals surface area contributed by atoms with Crippen LogP contribution >= 0.6 is 0 Å². The third-order valence-electron chi connectivity index (χ3n) is 3.88. The molecule has 1 aliphatic carbocycles. The van der Waals surface area contributed by atoms with Crippen molar-refractivity contribution in [1.82, 2.24) is 5.32 Å². The average molecular weight is 242 g/mol. The molecule has 0 aromatic heterocycles. The van der Waals surface area contributed by atoms with Crippen LogP contribution in [0, 0.1) is 5.41 Å². The van der Waals surface area contributed by atoms with E-state index in [1.54, 1.807) is 7.11 Å². The van der Waals surface area contributed by atoms with E-state index in [4.69, 9.17) is 10.5 Å². The molecular weight excluding hydrogens is 216 g/mol. The summed E-state index contributed by atoms with van der Waals surface area (Å²) in [6, 6.07) is 0.109. The normalized spacial score (nSPS) is 20.9. The molecule has 0 aromatic carbocycles. The van der Waals surface area contributed by atoms with E-state index in [9.17, 15) is 4.79 Å². The highest BCUT2D eigenvalue weighted by molar-refractivity contribution is 5.83. The maximum absolute atomic E-state index is 12.3. The Kier molecular flexibility index (Phi) is 5.92. The minimum absolute atomic E-state index is 0.109. The van der Waals surface area contributed by atoms with Gasteiger partial charge in [0.25, 0.3) is 0 Å². The van der Waals surface area contributed by atoms with E-state index in [1.165, 1.54) is 6.42 Å². The predicted molar refractivity (Wildman–Crippen MR) is 68.7 cm³/mol. The van der Waals surface area contributed by atoms with Gasteiger partial charge in [-0.3, -0.25) is 4.79 Å². The lowest BCUT2D eigenvalue weighted by molar-refractivity contribution is -0.133. The molecule has 1 fully saturated rings. The molecule has 0 bridgehead atoms. The fourth-order valence-electron chi connectivity index (χ4n) is 2.55. The number of hydrogen-bond acceptors (Lipinski definition) is 3. The van der Waals surface area contributed by atoms with Crippen molar-refractivity contribution in [3.8, 4) is 0 Å². The van der Waals surface area contributed by atoms with Crippen LogP contribution in [0.2, 0.25) is 0 Å². The first-order valence-electron chi connectivity index (χ1n) is 6.68. The number of rotatable bonds is 6. The molecule has 0 heterocycles. The molecular formula is C13H26N2O2. The van der Waals surface area contributed by atoms with Crippen molar-refractivity contribution in [3.05, 3.63) is 0 Å². The summed E-state index contributed by atoms with van der Waals surface area (Å²) in [5, 5.41) is 3.09. The van der Waals surface area contributed by atoms with Gasteiger partial charge in [0.15, 0.2) is 0 Å². The second-order valence-electron chi connectivity index (χ2n) is 5.08. The Balaban J connectivity index is 2.58. The lowest BCUT2D eigenvalue weighted by Gasteiger charge is -2.35. The molecule has 1 aliphatic rings. The molecule has 1 atom stereocenters. The van der Waals surface area contributed by atoms with Gasteiger partial charge in [-0.15, -0.1) is 0 Å². The van der Waals surface area contributed by atoms with Crippen molar-refractivity contribution >= 4 is 5.91 Å². The van der Waals surface area contributed by atoms with Crippen LogP contribution in [0.1, 0.15) is 45.4 Å². The predicted octanol–water partition coefficient (Wildman–Crippen LogP) is 1.44. The maximum Gasteiger partial charge on any atom is 0.227 e. The van der Waals surface area contributed by atoms with Crippen molar-refractivity contribution in [2.45, 2.75) is 51.5 Å². The van der Waals surface area contributed by atoms with Gasteiger partial charge in [0, 0.05) is 13.7 Å². The molecule has 3 N–H and O–H groups in total. The zero-order chi connectivity index (χ0) is 12.7. The summed E-state index contributed by atoms with van der Waals surface area (Å²) in [5.74, 6) is 0.128. The first-order chi connectivity index (χ1) is 8.18. The quantitative estimate of drug-likeness (QED) is 0.740. The van der Waals surface area contributed by atoms with Gasteiger partial charge >= 0.3 is 0 Å². The molecule has 100 valence electrons. The Bertz CT molecular complexity index is 238. The smallest absolute Gasteiger partial charge is 0.227 e. The Morgan fingerprint density at radius 1 is 1.41 bits per heavy atom. The number of nitrogens with two attached hydrogens (primary N) is 1. The topological polar surface area (TPSA) is 64.3 Å². The van der Waals surface area contributed by atoms with Crippen LogP contribution < -0.4 is 11.1 Å². The van der Waals surface area contributed by atoms with E-state index in [0.29, 0.717) is 13.2 Å². The van der Waals surface area contributed by atoms with Gasteiger partial charge < -0.3 is 15.8 Å². The molecule has 1 saturated carbocycles. The summed E-state index contributed by atoms with van der Waals surface area (Å²) < 4.78 is 5.10. The van der Waals surface area contributed by atoms with E-state index < -0.39 is 0 Å². The Morgan fingerprint density at radius 2 is 2.06 bits per heavy atom. The number of carbonyl (C=O) groups excluding carboxylic acids is 1. The van der Waals surface area contributed by atoms with Crippen LogP contribution in [0.5, 0.6) is 0 Å². The van der Waals surface area contributed by atoms with E-state index in [0.717, 1.165) is 32.1 Å². The molecule has 0 aromatic rings. The van der Waals surface area contributed by atoms with Gasteiger partial charge in [0.1, 0.15) is 0 Å². The second-order valence-corrected chi connectivity index (χ2v) is 5.08. The van der Waals surface area contributed by atoms with Crippen molar-refractivity contribution in [2.75, 3.05) is 20.3 Å². The number of amides is 1. The van der Waals surface area contributed by atoms with Gasteiger partial charge in [-0.2, -0.15) is 0 Å². The fraction of sp³-hybridized carbons (Fsp3) is 0.923. The van der Waals surface area contributed by atoms with Gasteiger partial charge in [-0.05, 0) is 19.3 Å². The SMILES string of the molecule is CCC(COC)NC(=O)C1(CN)CCCCC1. The molecule has 4 heteroatoms. The van der Waals surface area contributed by atoms with Gasteiger partial charge in [-0.1, -0.05) is 26.2 Å². The molecule has 1 amide bonds. The van der Waals surface area contributed by atoms with E-state index in [-0.39, 0.29) is 17.4 Å². The van der Waals surface area contributed by atoms with Crippen LogP contribution in [-0.2, 0) is 9.53 Å². The number of carbonyl (C=O) groups is 1. The molecule has 1 unspecified atom stereocenters. The van der Waals surface area contributed by atoms with Gasteiger partial charge in [0.05, 0.1) is 18.1 Å². The molecule has 17 heavy (non-hydrogen) atoms. The van der Waals surface area contributed by atoms with Crippen LogP contribution in [0.15, 0.2) is 0 Å². The lowest BCUT2D eigenvalue weighted by atomic mass is 9.73. The largest absolute Gasteiger partial charge is 0.383 e. The zero-order valence-electron chi connectivity index (χ0n) is 11.1. The molecule has 1 rings (SSSR count). The Morgan fingerprint density at radius 3 is 2.53 bits per heavy atom. The zero-order valence-corrected chi connectivity index (χ0v) is 11.1. The van der Waals surface area contributed by atoms with Crippen molar-refractivity contribution in [3.63, 3.8) is 0 Å². The van der Waals surface area contributed by atoms with Crippen molar-refractivity contribution in [2.24, 2.45) is 11.1 Å². The first kappa shape index (κ1) is 14.5. The van der Waals surface area contributed by atoms with E-state index in [1.807, 2.05) is 0 Å². The highest BCUT2D eigenvalue weighted by atomic mass is 16.5. The fourth-order valence-corrected chi connectivity index (χ4v) is 2.55. The first-order valence-corrected chi connectivity index (χ1v) is 6.68. The molecule has 0 radical (unpaired) electrons. The monoisotopic (exact) mass is 242 g/mol. The molecule has 0 spiro atoms. The summed E-state index contributed by atoms with van der Waals surface area (Å²) in [5.41, 5.74) is 5.52. The number of nitrogens with one attached hydrogen (secondary N) is 1. The van der Waals surface area contributed by atoms with Crippen LogP contribution in [0.4, 0.5) is 0 Å². The standard InChI is InChI=1S/C13H26N2O2/c1-3-11(9-17-2)15-12(16)13(10-14)7-5-4-6-8-13/h11H,3-10,14H2,1-2H3,(H,15,16). The number of hydrogen-bond donors (Lipinski definition) is 2. The minimum Gasteiger partial charge on any atom is -0.383 e. The highest BCUT2D eigenvalue weighted by Gasteiger charge is 2.38. The van der Waals surface area contributed by atoms with E-state index >= 15 is 0 Å². The summed E-state index contributed by atoms with van der Waals surface area (Å²) in [4.78, 5) is 12.3. The second kappa shape index (κ2) is 6.97. The minimum atomic E-state index is -0.320. The third kappa shape index (κ3) is 3.68. The highest BCUT2D eigenvalue weighted by Crippen LogP contribution is 2.35. The maximum atomic E-state index is 12.3. The Hall–Kier alpha value is -0.610. The number of methoxy groups -OCH3 is 1. The molecule has 4 nitrogen and oxygen atoms in total. The van der Waals surface area contributed by atoms with Gasteiger partial charge in [-0.25, -0.2) is 0 Å². The Labute approximate surface area is 104 Å². The van der Waals surface area contributed by atoms with Crippen molar-refractivity contribution < 1.29 is 9.53 Å². The molecule has 0 saturated heterocycles.